The van der Waals surface area contributed by atoms with E-state index in [2.05, 4.69) is 11.9 Å². The summed E-state index contributed by atoms with van der Waals surface area (Å²) >= 11 is 0. The van der Waals surface area contributed by atoms with Crippen LogP contribution in [0.25, 0.3) is 0 Å². The highest BCUT2D eigenvalue weighted by atomic mass is 16.5. The summed E-state index contributed by atoms with van der Waals surface area (Å²) < 4.78 is 5.65. The van der Waals surface area contributed by atoms with Crippen LogP contribution in [0.2, 0.25) is 0 Å². The van der Waals surface area contributed by atoms with Gasteiger partial charge in [0.25, 0.3) is 5.91 Å². The van der Waals surface area contributed by atoms with E-state index < -0.39 is 0 Å². The van der Waals surface area contributed by atoms with Crippen LogP contribution < -0.4 is 10.5 Å². The van der Waals surface area contributed by atoms with Crippen molar-refractivity contribution in [1.82, 2.24) is 0 Å². The number of ether oxygens (including phenoxy) is 1. The second-order valence-electron chi connectivity index (χ2n) is 6.49. The molecule has 4 nitrogen and oxygen atoms in total. The molecule has 2 N–H and O–H groups in total. The molecule has 0 aliphatic heterocycles. The average molecular weight is 304 g/mol. The van der Waals surface area contributed by atoms with Gasteiger partial charge in [-0.2, -0.15) is 4.99 Å². The summed E-state index contributed by atoms with van der Waals surface area (Å²) in [5.74, 6) is 0.802. The molecule has 0 aromatic heterocycles. The molecule has 0 fully saturated rings. The van der Waals surface area contributed by atoms with Gasteiger partial charge in [-0.25, -0.2) is 0 Å². The Morgan fingerprint density at radius 2 is 1.77 bits per heavy atom. The monoisotopic (exact) mass is 304 g/mol. The Labute approximate surface area is 133 Å². The normalized spacial score (nSPS) is 12.3. The average Bonchev–Trinajstić information content (AvgIpc) is 2.46. The zero-order valence-corrected chi connectivity index (χ0v) is 14.2. The lowest BCUT2D eigenvalue weighted by Crippen LogP contribution is -2.30. The van der Waals surface area contributed by atoms with E-state index in [1.165, 1.54) is 19.3 Å². The number of carbonyl (C=O) groups is 1. The van der Waals surface area contributed by atoms with Gasteiger partial charge in [-0.1, -0.05) is 47.0 Å². The van der Waals surface area contributed by atoms with Crippen LogP contribution in [0.5, 0.6) is 5.75 Å². The highest BCUT2D eigenvalue weighted by Gasteiger charge is 2.17. The molecule has 4 heteroatoms. The Balaban J connectivity index is 2.56. The number of hydrogen-bond acceptors (Lipinski definition) is 2. The third kappa shape index (κ3) is 6.29. The summed E-state index contributed by atoms with van der Waals surface area (Å²) in [5.41, 5.74) is 6.04. The number of rotatable bonds is 7. The van der Waals surface area contributed by atoms with Gasteiger partial charge in [0.1, 0.15) is 11.6 Å². The molecule has 0 spiro atoms. The fourth-order valence-electron chi connectivity index (χ4n) is 1.75. The van der Waals surface area contributed by atoms with E-state index >= 15 is 0 Å². The summed E-state index contributed by atoms with van der Waals surface area (Å²) in [4.78, 5) is 16.0. The molecule has 0 aliphatic carbocycles. The second-order valence-corrected chi connectivity index (χ2v) is 6.49. The molecule has 1 rings (SSSR count). The lowest BCUT2D eigenvalue weighted by Gasteiger charge is -2.16. The summed E-state index contributed by atoms with van der Waals surface area (Å²) in [6, 6.07) is 7.05. The highest BCUT2D eigenvalue weighted by molar-refractivity contribution is 6.04. The fourth-order valence-corrected chi connectivity index (χ4v) is 1.75. The van der Waals surface area contributed by atoms with Crippen LogP contribution in [0.3, 0.4) is 0 Å². The maximum atomic E-state index is 12.0. The number of nitrogens with zero attached hydrogens (tertiary/aromatic N) is 1. The summed E-state index contributed by atoms with van der Waals surface area (Å²) in [5, 5.41) is 0. The van der Waals surface area contributed by atoms with Crippen molar-refractivity contribution in [3.8, 4) is 5.75 Å². The second kappa shape index (κ2) is 8.57. The Morgan fingerprint density at radius 1 is 1.14 bits per heavy atom. The van der Waals surface area contributed by atoms with Gasteiger partial charge >= 0.3 is 0 Å². The molecule has 0 aliphatic rings. The van der Waals surface area contributed by atoms with Gasteiger partial charge in [0.05, 0.1) is 6.61 Å². The van der Waals surface area contributed by atoms with Crippen LogP contribution in [-0.2, 0) is 0 Å². The Kier molecular flexibility index (Phi) is 7.09. The minimum atomic E-state index is -0.318. The van der Waals surface area contributed by atoms with Crippen LogP contribution in [0, 0.1) is 5.41 Å². The predicted octanol–water partition coefficient (Wildman–Crippen LogP) is 4.19. The van der Waals surface area contributed by atoms with Crippen molar-refractivity contribution in [3.05, 3.63) is 29.8 Å². The van der Waals surface area contributed by atoms with Crippen LogP contribution in [0.1, 0.15) is 63.7 Å². The zero-order chi connectivity index (χ0) is 16.6. The molecular weight excluding hydrogens is 276 g/mol. The number of carbonyl (C=O) groups excluding carboxylic acids is 1. The molecule has 0 atom stereocenters. The summed E-state index contributed by atoms with van der Waals surface area (Å²) in [6.07, 6.45) is 4.70. The van der Waals surface area contributed by atoms with Crippen molar-refractivity contribution < 1.29 is 9.53 Å². The van der Waals surface area contributed by atoms with Gasteiger partial charge in [0, 0.05) is 11.0 Å². The molecule has 1 aromatic rings. The van der Waals surface area contributed by atoms with Crippen molar-refractivity contribution in [3.63, 3.8) is 0 Å². The van der Waals surface area contributed by atoms with Crippen molar-refractivity contribution in [2.75, 3.05) is 6.61 Å². The molecular formula is C18H28N2O2. The molecule has 0 bridgehead atoms. The highest BCUT2D eigenvalue weighted by Crippen LogP contribution is 2.16. The standard InChI is InChI=1S/C18H28N2O2/c1-5-6-7-8-13-22-15-11-9-14(10-12-15)16(21)20-17(19)18(2,3)4/h9-12H,5-8,13H2,1-4H3,(H2,19,20,21). The molecule has 0 heterocycles. The summed E-state index contributed by atoms with van der Waals surface area (Å²) in [6.45, 7) is 8.67. The van der Waals surface area contributed by atoms with Gasteiger partial charge in [-0.3, -0.25) is 4.79 Å². The largest absolute Gasteiger partial charge is 0.494 e. The van der Waals surface area contributed by atoms with Crippen LogP contribution in [0.4, 0.5) is 0 Å². The number of benzene rings is 1. The minimum Gasteiger partial charge on any atom is -0.494 e. The quantitative estimate of drug-likeness (QED) is 0.466. The van der Waals surface area contributed by atoms with Crippen LogP contribution >= 0.6 is 0 Å². The lowest BCUT2D eigenvalue weighted by atomic mass is 9.95. The van der Waals surface area contributed by atoms with E-state index in [1.54, 1.807) is 24.3 Å². The fraction of sp³-hybridized carbons (Fsp3) is 0.556. The third-order valence-electron chi connectivity index (χ3n) is 3.36. The Bertz CT molecular complexity index is 499. The molecule has 0 radical (unpaired) electrons. The SMILES string of the molecule is CCCCCCOc1ccc(C(=O)N=C(N)C(C)(C)C)cc1. The van der Waals surface area contributed by atoms with Gasteiger partial charge in [0.2, 0.25) is 0 Å². The van der Waals surface area contributed by atoms with E-state index in [0.717, 1.165) is 12.2 Å². The van der Waals surface area contributed by atoms with Gasteiger partial charge < -0.3 is 10.5 Å². The summed E-state index contributed by atoms with van der Waals surface area (Å²) in [7, 11) is 0. The molecule has 0 saturated heterocycles. The first-order valence-electron chi connectivity index (χ1n) is 7.96. The van der Waals surface area contributed by atoms with Gasteiger partial charge in [-0.05, 0) is 30.7 Å². The number of amidine groups is 1. The van der Waals surface area contributed by atoms with Crippen LogP contribution in [0.15, 0.2) is 29.3 Å². The molecule has 0 unspecified atom stereocenters. The number of hydrogen-bond donors (Lipinski definition) is 1. The molecule has 0 saturated carbocycles. The van der Waals surface area contributed by atoms with E-state index in [9.17, 15) is 4.79 Å². The first kappa shape index (κ1) is 18.2. The number of unbranched alkanes of at least 4 members (excludes halogenated alkanes) is 3. The number of amides is 1. The smallest absolute Gasteiger partial charge is 0.278 e. The Morgan fingerprint density at radius 3 is 2.32 bits per heavy atom. The minimum absolute atomic E-state index is 0.308. The zero-order valence-electron chi connectivity index (χ0n) is 14.2. The first-order chi connectivity index (χ1) is 10.3. The van der Waals surface area contributed by atoms with E-state index in [-0.39, 0.29) is 11.3 Å². The first-order valence-corrected chi connectivity index (χ1v) is 7.96. The van der Waals surface area contributed by atoms with Crippen LogP contribution in [-0.4, -0.2) is 18.3 Å². The third-order valence-corrected chi connectivity index (χ3v) is 3.36. The molecule has 122 valence electrons. The van der Waals surface area contributed by atoms with Gasteiger partial charge in [0.15, 0.2) is 0 Å². The lowest BCUT2D eigenvalue weighted by molar-refractivity contribution is 0.100. The van der Waals surface area contributed by atoms with Gasteiger partial charge in [-0.15, -0.1) is 0 Å². The maximum absolute atomic E-state index is 12.0. The molecule has 22 heavy (non-hydrogen) atoms. The predicted molar refractivity (Wildman–Crippen MR) is 91.5 cm³/mol. The van der Waals surface area contributed by atoms with Crippen molar-refractivity contribution in [2.45, 2.75) is 53.4 Å². The van der Waals surface area contributed by atoms with E-state index in [1.807, 2.05) is 20.8 Å². The molecule has 1 amide bonds. The number of nitrogens with two attached hydrogens (primary N) is 1. The van der Waals surface area contributed by atoms with E-state index in [4.69, 9.17) is 10.5 Å². The van der Waals surface area contributed by atoms with E-state index in [0.29, 0.717) is 18.0 Å². The Hall–Kier alpha value is -1.84. The van der Waals surface area contributed by atoms with Crippen molar-refractivity contribution in [2.24, 2.45) is 16.1 Å². The van der Waals surface area contributed by atoms with Crippen molar-refractivity contribution in [1.29, 1.82) is 0 Å². The topological polar surface area (TPSA) is 64.7 Å². The maximum Gasteiger partial charge on any atom is 0.278 e. The van der Waals surface area contributed by atoms with Crippen molar-refractivity contribution >= 4 is 11.7 Å². The molecule has 1 aromatic carbocycles. The number of aliphatic imine (C=N–C) groups is 1.